The van der Waals surface area contributed by atoms with Crippen molar-refractivity contribution in [2.24, 2.45) is 0 Å². The molecule has 1 amide bonds. The predicted molar refractivity (Wildman–Crippen MR) is 107 cm³/mol. The molecule has 1 aliphatic rings. The maximum atomic E-state index is 14.7. The van der Waals surface area contributed by atoms with E-state index in [1.54, 1.807) is 54.6 Å². The Labute approximate surface area is 164 Å². The summed E-state index contributed by atoms with van der Waals surface area (Å²) in [6.07, 6.45) is 0. The average molecular weight is 424 g/mol. The molecule has 3 nitrogen and oxygen atoms in total. The Kier molecular flexibility index (Phi) is 4.54. The van der Waals surface area contributed by atoms with Gasteiger partial charge in [-0.2, -0.15) is 0 Å². The topological polar surface area (TPSA) is 40.5 Å². The van der Waals surface area contributed by atoms with Gasteiger partial charge in [0.05, 0.1) is 6.04 Å². The summed E-state index contributed by atoms with van der Waals surface area (Å²) >= 11 is 3.38. The normalized spacial score (nSPS) is 16.9. The fourth-order valence-corrected chi connectivity index (χ4v) is 3.64. The third-order valence-electron chi connectivity index (χ3n) is 4.60. The number of carbonyl (C=O) groups is 1. The number of hydrogen-bond donors (Lipinski definition) is 1. The maximum absolute atomic E-state index is 14.7. The van der Waals surface area contributed by atoms with Gasteiger partial charge in [-0.3, -0.25) is 9.69 Å². The predicted octanol–water partition coefficient (Wildman–Crippen LogP) is 5.65. The van der Waals surface area contributed by atoms with Gasteiger partial charge in [0.1, 0.15) is 5.82 Å². The Balaban J connectivity index is 1.94. The molecule has 4 rings (SSSR count). The largest absolute Gasteiger partial charge is 0.503 e. The maximum Gasteiger partial charge on any atom is 0.294 e. The number of aliphatic hydroxyl groups excluding tert-OH is 1. The summed E-state index contributed by atoms with van der Waals surface area (Å²) in [6, 6.07) is 21.8. The summed E-state index contributed by atoms with van der Waals surface area (Å²) in [4.78, 5) is 14.4. The molecule has 1 heterocycles. The Hall–Kier alpha value is -2.92. The van der Waals surface area contributed by atoms with Gasteiger partial charge in [0, 0.05) is 21.3 Å². The standard InChI is InChI=1S/C22H15BrFNO2/c23-15-10-12-16(13-11-15)25-20(17-8-4-5-9-18(17)24)19(21(26)22(25)27)14-6-2-1-3-7-14/h1-13,20,26H/t20-/m0/s1. The molecule has 3 aromatic carbocycles. The molecule has 0 fully saturated rings. The summed E-state index contributed by atoms with van der Waals surface area (Å²) < 4.78 is 15.6. The quantitative estimate of drug-likeness (QED) is 0.591. The van der Waals surface area contributed by atoms with Crippen LogP contribution in [-0.2, 0) is 4.79 Å². The number of aliphatic hydroxyl groups is 1. The molecule has 0 unspecified atom stereocenters. The molecule has 27 heavy (non-hydrogen) atoms. The molecule has 0 aromatic heterocycles. The van der Waals surface area contributed by atoms with Crippen molar-refractivity contribution in [3.63, 3.8) is 0 Å². The third kappa shape index (κ3) is 3.04. The third-order valence-corrected chi connectivity index (χ3v) is 5.13. The number of nitrogens with zero attached hydrogens (tertiary/aromatic N) is 1. The summed E-state index contributed by atoms with van der Waals surface area (Å²) in [5.41, 5.74) is 1.98. The highest BCUT2D eigenvalue weighted by molar-refractivity contribution is 9.10. The fourth-order valence-electron chi connectivity index (χ4n) is 3.38. The molecule has 0 radical (unpaired) electrons. The Morgan fingerprint density at radius 3 is 2.19 bits per heavy atom. The van der Waals surface area contributed by atoms with Gasteiger partial charge in [0.2, 0.25) is 0 Å². The van der Waals surface area contributed by atoms with Crippen LogP contribution in [0.1, 0.15) is 17.2 Å². The van der Waals surface area contributed by atoms with Crippen molar-refractivity contribution in [1.29, 1.82) is 0 Å². The van der Waals surface area contributed by atoms with Crippen LogP contribution in [-0.4, -0.2) is 11.0 Å². The van der Waals surface area contributed by atoms with Crippen LogP contribution >= 0.6 is 15.9 Å². The Morgan fingerprint density at radius 1 is 0.889 bits per heavy atom. The minimum atomic E-state index is -0.762. The monoisotopic (exact) mass is 423 g/mol. The average Bonchev–Trinajstić information content (AvgIpc) is 2.95. The second kappa shape index (κ2) is 7.00. The highest BCUT2D eigenvalue weighted by atomic mass is 79.9. The van der Waals surface area contributed by atoms with Crippen molar-refractivity contribution < 1.29 is 14.3 Å². The molecule has 3 aromatic rings. The molecule has 0 saturated heterocycles. The van der Waals surface area contributed by atoms with Crippen LogP contribution < -0.4 is 4.90 Å². The molecule has 0 bridgehead atoms. The van der Waals surface area contributed by atoms with E-state index in [1.807, 2.05) is 18.2 Å². The first-order chi connectivity index (χ1) is 13.1. The summed E-state index contributed by atoms with van der Waals surface area (Å²) in [5.74, 6) is -1.35. The van der Waals surface area contributed by atoms with Crippen LogP contribution in [0.2, 0.25) is 0 Å². The first-order valence-corrected chi connectivity index (χ1v) is 9.19. The fraction of sp³-hybridized carbons (Fsp3) is 0.0455. The van der Waals surface area contributed by atoms with E-state index in [-0.39, 0.29) is 5.76 Å². The summed E-state index contributed by atoms with van der Waals surface area (Å²) in [6.45, 7) is 0. The van der Waals surface area contributed by atoms with Crippen molar-refractivity contribution in [1.82, 2.24) is 0 Å². The van der Waals surface area contributed by atoms with Gasteiger partial charge < -0.3 is 5.11 Å². The van der Waals surface area contributed by atoms with Crippen molar-refractivity contribution >= 4 is 33.1 Å². The second-order valence-electron chi connectivity index (χ2n) is 6.20. The number of halogens is 2. The van der Waals surface area contributed by atoms with E-state index in [1.165, 1.54) is 11.0 Å². The van der Waals surface area contributed by atoms with Crippen LogP contribution in [0.25, 0.3) is 5.57 Å². The minimum absolute atomic E-state index is 0.330. The van der Waals surface area contributed by atoms with Crippen LogP contribution in [0.15, 0.2) is 89.1 Å². The number of carbonyl (C=O) groups excluding carboxylic acids is 1. The minimum Gasteiger partial charge on any atom is -0.503 e. The lowest BCUT2D eigenvalue weighted by Crippen LogP contribution is -2.30. The van der Waals surface area contributed by atoms with Crippen molar-refractivity contribution in [2.45, 2.75) is 6.04 Å². The Bertz CT molecular complexity index is 1030. The van der Waals surface area contributed by atoms with Crippen molar-refractivity contribution in [3.8, 4) is 0 Å². The molecule has 1 aliphatic heterocycles. The van der Waals surface area contributed by atoms with Gasteiger partial charge in [-0.25, -0.2) is 4.39 Å². The van der Waals surface area contributed by atoms with Crippen LogP contribution in [0.5, 0.6) is 0 Å². The van der Waals surface area contributed by atoms with Crippen LogP contribution in [0.4, 0.5) is 10.1 Å². The van der Waals surface area contributed by atoms with Crippen LogP contribution in [0, 0.1) is 5.82 Å². The number of benzene rings is 3. The SMILES string of the molecule is O=C1C(O)=C(c2ccccc2)[C@H](c2ccccc2F)N1c1ccc(Br)cc1. The highest BCUT2D eigenvalue weighted by Crippen LogP contribution is 2.45. The van der Waals surface area contributed by atoms with Gasteiger partial charge in [0.15, 0.2) is 5.76 Å². The summed E-state index contributed by atoms with van der Waals surface area (Å²) in [5, 5.41) is 10.7. The number of amides is 1. The lowest BCUT2D eigenvalue weighted by molar-refractivity contribution is -0.117. The zero-order chi connectivity index (χ0) is 19.0. The first kappa shape index (κ1) is 17.5. The van der Waals surface area contributed by atoms with E-state index >= 15 is 0 Å². The van der Waals surface area contributed by atoms with E-state index in [2.05, 4.69) is 15.9 Å². The second-order valence-corrected chi connectivity index (χ2v) is 7.12. The summed E-state index contributed by atoms with van der Waals surface area (Å²) in [7, 11) is 0. The van der Waals surface area contributed by atoms with Crippen molar-refractivity contribution in [3.05, 3.63) is 106 Å². The van der Waals surface area contributed by atoms with E-state index in [4.69, 9.17) is 0 Å². The van der Waals surface area contributed by atoms with E-state index in [0.717, 1.165) is 4.47 Å². The lowest BCUT2D eigenvalue weighted by Gasteiger charge is -2.27. The molecule has 0 spiro atoms. The molecule has 1 N–H and O–H groups in total. The van der Waals surface area contributed by atoms with Gasteiger partial charge in [-0.15, -0.1) is 0 Å². The van der Waals surface area contributed by atoms with E-state index in [9.17, 15) is 14.3 Å². The zero-order valence-electron chi connectivity index (χ0n) is 14.1. The molecule has 1 atom stereocenters. The molecular formula is C22H15BrFNO2. The number of hydrogen-bond acceptors (Lipinski definition) is 2. The van der Waals surface area contributed by atoms with Gasteiger partial charge in [0.25, 0.3) is 5.91 Å². The first-order valence-electron chi connectivity index (χ1n) is 8.40. The lowest BCUT2D eigenvalue weighted by atomic mass is 9.93. The zero-order valence-corrected chi connectivity index (χ0v) is 15.7. The van der Waals surface area contributed by atoms with Crippen molar-refractivity contribution in [2.75, 3.05) is 4.90 Å². The Morgan fingerprint density at radius 2 is 1.52 bits per heavy atom. The highest BCUT2D eigenvalue weighted by Gasteiger charge is 2.42. The molecule has 5 heteroatoms. The van der Waals surface area contributed by atoms with E-state index in [0.29, 0.717) is 22.4 Å². The molecule has 0 aliphatic carbocycles. The molecule has 0 saturated carbocycles. The smallest absolute Gasteiger partial charge is 0.294 e. The molecule has 134 valence electrons. The van der Waals surface area contributed by atoms with Crippen LogP contribution in [0.3, 0.4) is 0 Å². The number of rotatable bonds is 3. The number of anilines is 1. The molecular weight excluding hydrogens is 409 g/mol. The van der Waals surface area contributed by atoms with Gasteiger partial charge in [-0.1, -0.05) is 64.5 Å². The van der Waals surface area contributed by atoms with Gasteiger partial charge >= 0.3 is 0 Å². The van der Waals surface area contributed by atoms with E-state index < -0.39 is 17.8 Å². The van der Waals surface area contributed by atoms with Gasteiger partial charge in [-0.05, 0) is 35.9 Å².